The van der Waals surface area contributed by atoms with Gasteiger partial charge in [-0.25, -0.2) is 8.42 Å². The lowest BCUT2D eigenvalue weighted by molar-refractivity contribution is -0.112. The highest BCUT2D eigenvalue weighted by Gasteiger charge is 2.17. The van der Waals surface area contributed by atoms with Crippen molar-refractivity contribution in [3.63, 3.8) is 0 Å². The van der Waals surface area contributed by atoms with Gasteiger partial charge < -0.3 is 9.84 Å². The minimum absolute atomic E-state index is 0.0442. The Morgan fingerprint density at radius 2 is 2.23 bits per heavy atom. The molecule has 0 bridgehead atoms. The van der Waals surface area contributed by atoms with Gasteiger partial charge in [0.15, 0.2) is 11.5 Å². The highest BCUT2D eigenvalue weighted by atomic mass is 32.2. The van der Waals surface area contributed by atoms with Crippen molar-refractivity contribution in [3.8, 4) is 17.6 Å². The van der Waals surface area contributed by atoms with Crippen LogP contribution in [0.4, 0.5) is 5.13 Å². The number of carbonyl (C=O) groups excluding carboxylic acids is 1. The molecule has 0 radical (unpaired) electrons. The van der Waals surface area contributed by atoms with E-state index in [1.54, 1.807) is 13.0 Å². The summed E-state index contributed by atoms with van der Waals surface area (Å²) in [4.78, 5) is 15.9. The molecule has 1 amide bonds. The summed E-state index contributed by atoms with van der Waals surface area (Å²) >= 11 is 0.688. The average Bonchev–Trinajstić information content (AvgIpc) is 3.04. The van der Waals surface area contributed by atoms with E-state index in [-0.39, 0.29) is 22.2 Å². The molecule has 1 aromatic carbocycles. The minimum atomic E-state index is -3.59. The van der Waals surface area contributed by atoms with E-state index in [1.807, 2.05) is 0 Å². The summed E-state index contributed by atoms with van der Waals surface area (Å²) in [5.41, 5.74) is 0.223. The fourth-order valence-corrected chi connectivity index (χ4v) is 3.22. The molecule has 0 aliphatic rings. The van der Waals surface area contributed by atoms with Crippen LogP contribution in [0.1, 0.15) is 12.5 Å². The maximum absolute atomic E-state index is 12.2. The van der Waals surface area contributed by atoms with Crippen LogP contribution in [0.3, 0.4) is 0 Å². The van der Waals surface area contributed by atoms with Gasteiger partial charge in [0.05, 0.1) is 6.61 Å². The van der Waals surface area contributed by atoms with Gasteiger partial charge in [0.25, 0.3) is 11.1 Å². The number of rotatable bonds is 6. The first kappa shape index (κ1) is 19.4. The number of aromatic nitrogens is 2. The maximum Gasteiger partial charge on any atom is 0.268 e. The Balaban J connectivity index is 2.23. The predicted octanol–water partition coefficient (Wildman–Crippen LogP) is 1.59. The Hall–Kier alpha value is -2.97. The molecule has 0 atom stereocenters. The summed E-state index contributed by atoms with van der Waals surface area (Å²) in [6.07, 6.45) is 2.25. The van der Waals surface area contributed by atoms with Crippen LogP contribution in [0.15, 0.2) is 28.9 Å². The molecule has 0 aliphatic heterocycles. The standard InChI is InChI=1S/C15H14N4O5S2/c1-3-24-12-7-9(4-5-11(12)20)6-10(8-16)13(21)17-14-18-15(19-25-14)26(2,22)23/h4-7,20H,3H2,1-2H3,(H,17,18,19,21). The third kappa shape index (κ3) is 4.78. The number of aromatic hydroxyl groups is 1. The number of nitriles is 1. The van der Waals surface area contributed by atoms with Gasteiger partial charge in [0, 0.05) is 17.8 Å². The van der Waals surface area contributed by atoms with Crippen LogP contribution in [-0.2, 0) is 14.6 Å². The first-order valence-electron chi connectivity index (χ1n) is 7.17. The Kier molecular flexibility index (Phi) is 5.91. The molecule has 2 rings (SSSR count). The highest BCUT2D eigenvalue weighted by molar-refractivity contribution is 7.90. The number of sulfone groups is 1. The number of ether oxygens (including phenoxy) is 1. The second-order valence-electron chi connectivity index (χ2n) is 4.94. The number of carbonyl (C=O) groups is 1. The molecule has 0 spiro atoms. The number of nitrogens with one attached hydrogen (secondary N) is 1. The predicted molar refractivity (Wildman–Crippen MR) is 94.5 cm³/mol. The number of hydrogen-bond donors (Lipinski definition) is 2. The minimum Gasteiger partial charge on any atom is -0.504 e. The largest absolute Gasteiger partial charge is 0.504 e. The van der Waals surface area contributed by atoms with Crippen LogP contribution < -0.4 is 10.1 Å². The lowest BCUT2D eigenvalue weighted by Gasteiger charge is -2.06. The van der Waals surface area contributed by atoms with Crippen LogP contribution in [0.25, 0.3) is 6.08 Å². The van der Waals surface area contributed by atoms with Crippen LogP contribution >= 0.6 is 11.5 Å². The molecule has 0 fully saturated rings. The average molecular weight is 394 g/mol. The summed E-state index contributed by atoms with van der Waals surface area (Å²) in [5, 5.41) is 20.8. The topological polar surface area (TPSA) is 142 Å². The fourth-order valence-electron chi connectivity index (χ4n) is 1.78. The number of nitrogens with zero attached hydrogens (tertiary/aromatic N) is 3. The summed E-state index contributed by atoms with van der Waals surface area (Å²) in [6.45, 7) is 2.09. The number of benzene rings is 1. The third-order valence-electron chi connectivity index (χ3n) is 2.92. The molecule has 0 saturated heterocycles. The molecule has 0 aliphatic carbocycles. The van der Waals surface area contributed by atoms with E-state index >= 15 is 0 Å². The van der Waals surface area contributed by atoms with Gasteiger partial charge in [-0.3, -0.25) is 10.1 Å². The molecule has 2 aromatic rings. The highest BCUT2D eigenvalue weighted by Crippen LogP contribution is 2.28. The summed E-state index contributed by atoms with van der Waals surface area (Å²) in [7, 11) is -3.59. The van der Waals surface area contributed by atoms with Crippen molar-refractivity contribution in [2.75, 3.05) is 18.2 Å². The number of phenols is 1. The Morgan fingerprint density at radius 3 is 2.81 bits per heavy atom. The van der Waals surface area contributed by atoms with E-state index in [0.29, 0.717) is 23.7 Å². The van der Waals surface area contributed by atoms with Gasteiger partial charge in [-0.1, -0.05) is 6.07 Å². The van der Waals surface area contributed by atoms with Gasteiger partial charge in [-0.2, -0.15) is 14.6 Å². The quantitative estimate of drug-likeness (QED) is 0.555. The lowest BCUT2D eigenvalue weighted by atomic mass is 10.1. The molecule has 2 N–H and O–H groups in total. The molecule has 0 unspecified atom stereocenters. The van der Waals surface area contributed by atoms with Crippen molar-refractivity contribution in [1.29, 1.82) is 5.26 Å². The Bertz CT molecular complexity index is 1010. The number of anilines is 1. The zero-order chi connectivity index (χ0) is 19.3. The first-order valence-corrected chi connectivity index (χ1v) is 9.83. The summed E-state index contributed by atoms with van der Waals surface area (Å²) < 4.78 is 31.6. The van der Waals surface area contributed by atoms with Crippen molar-refractivity contribution in [1.82, 2.24) is 9.36 Å². The SMILES string of the molecule is CCOc1cc(C=C(C#N)C(=O)Nc2nc(S(C)(=O)=O)ns2)ccc1O. The van der Waals surface area contributed by atoms with Crippen LogP contribution in [0.2, 0.25) is 0 Å². The lowest BCUT2D eigenvalue weighted by Crippen LogP contribution is -2.13. The van der Waals surface area contributed by atoms with Crippen molar-refractivity contribution in [2.24, 2.45) is 0 Å². The van der Waals surface area contributed by atoms with Gasteiger partial charge in [0.2, 0.25) is 15.0 Å². The van der Waals surface area contributed by atoms with Crippen LogP contribution in [0.5, 0.6) is 11.5 Å². The van der Waals surface area contributed by atoms with E-state index in [0.717, 1.165) is 6.26 Å². The molecule has 11 heteroatoms. The second kappa shape index (κ2) is 7.94. The molecule has 136 valence electrons. The maximum atomic E-state index is 12.2. The molecule has 26 heavy (non-hydrogen) atoms. The Morgan fingerprint density at radius 1 is 1.50 bits per heavy atom. The first-order chi connectivity index (χ1) is 12.2. The van der Waals surface area contributed by atoms with E-state index < -0.39 is 20.9 Å². The molecule has 1 aromatic heterocycles. The number of amides is 1. The van der Waals surface area contributed by atoms with Crippen molar-refractivity contribution in [3.05, 3.63) is 29.3 Å². The van der Waals surface area contributed by atoms with Crippen LogP contribution in [0, 0.1) is 11.3 Å². The number of hydrogen-bond acceptors (Lipinski definition) is 9. The van der Waals surface area contributed by atoms with E-state index in [2.05, 4.69) is 14.7 Å². The zero-order valence-corrected chi connectivity index (χ0v) is 15.4. The second-order valence-corrected chi connectivity index (χ2v) is 7.60. The number of phenolic OH excluding ortho intramolecular Hbond substituents is 1. The van der Waals surface area contributed by atoms with E-state index in [1.165, 1.54) is 24.3 Å². The zero-order valence-electron chi connectivity index (χ0n) is 13.8. The molecule has 1 heterocycles. The fraction of sp³-hybridized carbons (Fsp3) is 0.200. The molecular weight excluding hydrogens is 380 g/mol. The Labute approximate surface area is 153 Å². The monoisotopic (exact) mass is 394 g/mol. The van der Waals surface area contributed by atoms with Crippen LogP contribution in [-0.4, -0.2) is 41.7 Å². The van der Waals surface area contributed by atoms with Crippen molar-refractivity contribution in [2.45, 2.75) is 12.1 Å². The van der Waals surface area contributed by atoms with Gasteiger partial charge in [0.1, 0.15) is 11.6 Å². The molecule has 9 nitrogen and oxygen atoms in total. The van der Waals surface area contributed by atoms with Gasteiger partial charge in [-0.05, 0) is 30.7 Å². The normalized spacial score (nSPS) is 11.7. The van der Waals surface area contributed by atoms with E-state index in [4.69, 9.17) is 4.74 Å². The molecule has 0 saturated carbocycles. The third-order valence-corrected chi connectivity index (χ3v) is 4.51. The smallest absolute Gasteiger partial charge is 0.268 e. The van der Waals surface area contributed by atoms with Gasteiger partial charge >= 0.3 is 0 Å². The summed E-state index contributed by atoms with van der Waals surface area (Å²) in [6, 6.07) is 6.13. The summed E-state index contributed by atoms with van der Waals surface area (Å²) in [5.74, 6) is -0.607. The van der Waals surface area contributed by atoms with Crippen molar-refractivity contribution < 1.29 is 23.1 Å². The van der Waals surface area contributed by atoms with Gasteiger partial charge in [-0.15, -0.1) is 0 Å². The van der Waals surface area contributed by atoms with Crippen molar-refractivity contribution >= 4 is 38.5 Å². The molecular formula is C15H14N4O5S2. The van der Waals surface area contributed by atoms with E-state index in [9.17, 15) is 23.6 Å².